The molecule has 0 aliphatic heterocycles. The number of pyridine rings is 1. The Kier molecular flexibility index (Phi) is 4.45. The average molecular weight is 238 g/mol. The molecule has 17 heavy (non-hydrogen) atoms. The molecule has 0 atom stereocenters. The highest BCUT2D eigenvalue weighted by atomic mass is 16.6. The van der Waals surface area contributed by atoms with Crippen molar-refractivity contribution in [3.63, 3.8) is 0 Å². The van der Waals surface area contributed by atoms with Crippen LogP contribution >= 0.6 is 0 Å². The van der Waals surface area contributed by atoms with Crippen molar-refractivity contribution in [3.05, 3.63) is 23.5 Å². The number of hydrogen-bond donors (Lipinski definition) is 1. The van der Waals surface area contributed by atoms with Gasteiger partial charge in [0.05, 0.1) is 29.7 Å². The van der Waals surface area contributed by atoms with Crippen LogP contribution in [0.1, 0.15) is 23.0 Å². The van der Waals surface area contributed by atoms with Crippen molar-refractivity contribution in [2.75, 3.05) is 18.9 Å². The van der Waals surface area contributed by atoms with Gasteiger partial charge in [-0.15, -0.1) is 0 Å². The van der Waals surface area contributed by atoms with Crippen molar-refractivity contribution in [1.82, 2.24) is 4.98 Å². The molecule has 0 radical (unpaired) electrons. The van der Waals surface area contributed by atoms with E-state index in [-0.39, 0.29) is 12.2 Å². The highest BCUT2D eigenvalue weighted by Crippen LogP contribution is 2.10. The summed E-state index contributed by atoms with van der Waals surface area (Å²) in [7, 11) is 0. The van der Waals surface area contributed by atoms with Crippen molar-refractivity contribution in [2.24, 2.45) is 0 Å². The van der Waals surface area contributed by atoms with Crippen molar-refractivity contribution < 1.29 is 19.1 Å². The summed E-state index contributed by atoms with van der Waals surface area (Å²) in [5.74, 6) is -1.23. The number of carbonyl (C=O) groups excluding carboxylic acids is 2. The highest BCUT2D eigenvalue weighted by Gasteiger charge is 2.14. The molecule has 0 aliphatic carbocycles. The van der Waals surface area contributed by atoms with E-state index in [1.807, 2.05) is 0 Å². The Morgan fingerprint density at radius 2 is 2.12 bits per heavy atom. The van der Waals surface area contributed by atoms with Crippen LogP contribution in [0.4, 0.5) is 5.69 Å². The van der Waals surface area contributed by atoms with Gasteiger partial charge in [-0.2, -0.15) is 0 Å². The summed E-state index contributed by atoms with van der Waals surface area (Å²) in [4.78, 5) is 26.5. The number of aryl methyl sites for hydroxylation is 1. The Balaban J connectivity index is 2.64. The van der Waals surface area contributed by atoms with Gasteiger partial charge in [0, 0.05) is 0 Å². The van der Waals surface area contributed by atoms with E-state index in [2.05, 4.69) is 9.72 Å². The average Bonchev–Trinajstić information content (AvgIpc) is 2.29. The van der Waals surface area contributed by atoms with Gasteiger partial charge >= 0.3 is 11.9 Å². The van der Waals surface area contributed by atoms with E-state index < -0.39 is 18.5 Å². The number of rotatable bonds is 4. The van der Waals surface area contributed by atoms with Crippen LogP contribution in [0.15, 0.2) is 12.3 Å². The first-order chi connectivity index (χ1) is 8.04. The molecule has 0 saturated heterocycles. The molecule has 0 bridgehead atoms. The van der Waals surface area contributed by atoms with Crippen LogP contribution in [-0.4, -0.2) is 30.1 Å². The number of anilines is 1. The number of aromatic nitrogens is 1. The summed E-state index contributed by atoms with van der Waals surface area (Å²) in [5, 5.41) is 0. The van der Waals surface area contributed by atoms with Gasteiger partial charge < -0.3 is 15.2 Å². The largest absolute Gasteiger partial charge is 0.463 e. The normalized spacial score (nSPS) is 9.76. The zero-order chi connectivity index (χ0) is 12.8. The van der Waals surface area contributed by atoms with Gasteiger partial charge in [0.1, 0.15) is 0 Å². The Morgan fingerprint density at radius 3 is 2.76 bits per heavy atom. The van der Waals surface area contributed by atoms with Crippen LogP contribution in [0.2, 0.25) is 0 Å². The molecule has 0 amide bonds. The Labute approximate surface area is 98.7 Å². The molecule has 0 spiro atoms. The Bertz CT molecular complexity index is 431. The maximum Gasteiger partial charge on any atom is 0.344 e. The molecule has 0 saturated carbocycles. The molecule has 0 unspecified atom stereocenters. The van der Waals surface area contributed by atoms with Gasteiger partial charge in [-0.1, -0.05) is 0 Å². The van der Waals surface area contributed by atoms with Crippen LogP contribution < -0.4 is 5.73 Å². The number of nitrogens with zero attached hydrogens (tertiary/aromatic N) is 1. The fourth-order valence-corrected chi connectivity index (χ4v) is 1.16. The van der Waals surface area contributed by atoms with E-state index in [0.29, 0.717) is 11.4 Å². The van der Waals surface area contributed by atoms with Crippen molar-refractivity contribution in [3.8, 4) is 0 Å². The van der Waals surface area contributed by atoms with Gasteiger partial charge in [-0.05, 0) is 19.9 Å². The minimum Gasteiger partial charge on any atom is -0.463 e. The number of hydrogen-bond acceptors (Lipinski definition) is 6. The monoisotopic (exact) mass is 238 g/mol. The second-order valence-electron chi connectivity index (χ2n) is 3.28. The van der Waals surface area contributed by atoms with Crippen LogP contribution in [0, 0.1) is 6.92 Å². The summed E-state index contributed by atoms with van der Waals surface area (Å²) in [5.41, 5.74) is 6.61. The van der Waals surface area contributed by atoms with Crippen molar-refractivity contribution >= 4 is 17.6 Å². The predicted molar refractivity (Wildman–Crippen MR) is 60.3 cm³/mol. The fraction of sp³-hybridized carbons (Fsp3) is 0.364. The SMILES string of the molecule is CCOC(=O)COC(=O)c1cc(N)cnc1C. The predicted octanol–water partition coefficient (Wildman–Crippen LogP) is 0.692. The molecule has 0 fully saturated rings. The van der Waals surface area contributed by atoms with Crippen LogP contribution in [0.3, 0.4) is 0 Å². The maximum absolute atomic E-state index is 11.6. The lowest BCUT2D eigenvalue weighted by atomic mass is 10.2. The summed E-state index contributed by atoms with van der Waals surface area (Å²) >= 11 is 0. The molecule has 1 aromatic heterocycles. The lowest BCUT2D eigenvalue weighted by Gasteiger charge is -2.06. The van der Waals surface area contributed by atoms with Gasteiger partial charge in [-0.25, -0.2) is 9.59 Å². The summed E-state index contributed by atoms with van der Waals surface area (Å²) in [6.45, 7) is 3.16. The van der Waals surface area contributed by atoms with E-state index in [4.69, 9.17) is 10.5 Å². The quantitative estimate of drug-likeness (QED) is 0.776. The number of ether oxygens (including phenoxy) is 2. The van der Waals surface area contributed by atoms with Crippen molar-refractivity contribution in [2.45, 2.75) is 13.8 Å². The van der Waals surface area contributed by atoms with Crippen molar-refractivity contribution in [1.29, 1.82) is 0 Å². The zero-order valence-electron chi connectivity index (χ0n) is 9.73. The number of nitrogens with two attached hydrogens (primary N) is 1. The number of carbonyl (C=O) groups is 2. The first-order valence-corrected chi connectivity index (χ1v) is 5.09. The molecule has 1 aromatic rings. The minimum absolute atomic E-state index is 0.245. The van der Waals surface area contributed by atoms with E-state index >= 15 is 0 Å². The molecule has 0 aromatic carbocycles. The molecule has 1 heterocycles. The fourth-order valence-electron chi connectivity index (χ4n) is 1.16. The molecular weight excluding hydrogens is 224 g/mol. The Morgan fingerprint density at radius 1 is 1.41 bits per heavy atom. The lowest BCUT2D eigenvalue weighted by molar-refractivity contribution is -0.146. The first-order valence-electron chi connectivity index (χ1n) is 5.09. The molecule has 6 heteroatoms. The highest BCUT2D eigenvalue weighted by molar-refractivity contribution is 5.92. The second-order valence-corrected chi connectivity index (χ2v) is 3.28. The third-order valence-electron chi connectivity index (χ3n) is 1.95. The van der Waals surface area contributed by atoms with Gasteiger partial charge in [0.15, 0.2) is 6.61 Å². The number of nitrogen functional groups attached to an aromatic ring is 1. The molecule has 1 rings (SSSR count). The smallest absolute Gasteiger partial charge is 0.344 e. The molecule has 2 N–H and O–H groups in total. The molecular formula is C11H14N2O4. The first kappa shape index (κ1) is 13.0. The van der Waals surface area contributed by atoms with Crippen LogP contribution in [-0.2, 0) is 14.3 Å². The molecule has 92 valence electrons. The van der Waals surface area contributed by atoms with E-state index in [1.54, 1.807) is 13.8 Å². The number of esters is 2. The zero-order valence-corrected chi connectivity index (χ0v) is 9.73. The van der Waals surface area contributed by atoms with E-state index in [9.17, 15) is 9.59 Å². The van der Waals surface area contributed by atoms with Crippen LogP contribution in [0.5, 0.6) is 0 Å². The molecule has 6 nitrogen and oxygen atoms in total. The summed E-state index contributed by atoms with van der Waals surface area (Å²) in [6.07, 6.45) is 1.44. The van der Waals surface area contributed by atoms with Crippen LogP contribution in [0.25, 0.3) is 0 Å². The van der Waals surface area contributed by atoms with Gasteiger partial charge in [0.25, 0.3) is 0 Å². The minimum atomic E-state index is -0.643. The topological polar surface area (TPSA) is 91.5 Å². The van der Waals surface area contributed by atoms with Gasteiger partial charge in [-0.3, -0.25) is 4.98 Å². The third kappa shape index (κ3) is 3.75. The standard InChI is InChI=1S/C11H14N2O4/c1-3-16-10(14)6-17-11(15)9-4-8(12)5-13-7(9)2/h4-5H,3,6,12H2,1-2H3. The van der Waals surface area contributed by atoms with E-state index in [1.165, 1.54) is 12.3 Å². The summed E-state index contributed by atoms with van der Waals surface area (Å²) < 4.78 is 9.39. The second kappa shape index (κ2) is 5.83. The maximum atomic E-state index is 11.6. The Hall–Kier alpha value is -2.11. The summed E-state index contributed by atoms with van der Waals surface area (Å²) in [6, 6.07) is 1.45. The van der Waals surface area contributed by atoms with Gasteiger partial charge in [0.2, 0.25) is 0 Å². The third-order valence-corrected chi connectivity index (χ3v) is 1.95. The van der Waals surface area contributed by atoms with E-state index in [0.717, 1.165) is 0 Å². The molecule has 0 aliphatic rings. The lowest BCUT2D eigenvalue weighted by Crippen LogP contribution is -2.17.